The van der Waals surface area contributed by atoms with Crippen molar-refractivity contribution in [3.8, 4) is 28.7 Å². The summed E-state index contributed by atoms with van der Waals surface area (Å²) in [6, 6.07) is 13.7. The van der Waals surface area contributed by atoms with Crippen molar-refractivity contribution in [1.29, 1.82) is 0 Å². The maximum Gasteiger partial charge on any atom is 0.335 e. The molecule has 3 rings (SSSR count). The highest BCUT2D eigenvalue weighted by molar-refractivity contribution is 5.88. The molecule has 6 nitrogen and oxygen atoms in total. The molecule has 0 fully saturated rings. The van der Waals surface area contributed by atoms with E-state index in [0.717, 1.165) is 5.56 Å². The third-order valence-electron chi connectivity index (χ3n) is 3.22. The van der Waals surface area contributed by atoms with Gasteiger partial charge in [0.15, 0.2) is 0 Å². The molecule has 0 atom stereocenters. The normalized spacial score (nSPS) is 10.5. The summed E-state index contributed by atoms with van der Waals surface area (Å²) in [5, 5.41) is 17.0. The largest absolute Gasteiger partial charge is 0.493 e. The molecule has 0 spiro atoms. The molecule has 0 aliphatic rings. The van der Waals surface area contributed by atoms with E-state index in [-0.39, 0.29) is 5.56 Å². The Kier molecular flexibility index (Phi) is 4.05. The lowest BCUT2D eigenvalue weighted by Gasteiger charge is -2.06. The van der Waals surface area contributed by atoms with Crippen LogP contribution < -0.4 is 4.74 Å². The Labute approximate surface area is 132 Å². The number of hydrogen-bond acceptors (Lipinski definition) is 5. The SMILES string of the molecule is CCOc1ccccc1-c1nnc(-c2ccc(C(=O)O)cc2)o1. The number of nitrogens with zero attached hydrogens (tertiary/aromatic N) is 2. The number of carboxylic acid groups (broad SMARTS) is 1. The lowest BCUT2D eigenvalue weighted by molar-refractivity contribution is 0.0697. The average Bonchev–Trinajstić information content (AvgIpc) is 3.05. The second-order valence-corrected chi connectivity index (χ2v) is 4.72. The molecule has 1 N–H and O–H groups in total. The first kappa shape index (κ1) is 14.8. The second kappa shape index (κ2) is 6.31. The minimum atomic E-state index is -0.978. The fourth-order valence-corrected chi connectivity index (χ4v) is 2.13. The van der Waals surface area contributed by atoms with Crippen molar-refractivity contribution < 1.29 is 19.1 Å². The summed E-state index contributed by atoms with van der Waals surface area (Å²) in [4.78, 5) is 10.9. The quantitative estimate of drug-likeness (QED) is 0.776. The van der Waals surface area contributed by atoms with E-state index in [1.807, 2.05) is 31.2 Å². The number of benzene rings is 2. The third-order valence-corrected chi connectivity index (χ3v) is 3.22. The van der Waals surface area contributed by atoms with Crippen LogP contribution in [0.4, 0.5) is 0 Å². The fraction of sp³-hybridized carbons (Fsp3) is 0.118. The van der Waals surface area contributed by atoms with E-state index in [2.05, 4.69) is 10.2 Å². The summed E-state index contributed by atoms with van der Waals surface area (Å²) in [6.45, 7) is 2.44. The molecule has 116 valence electrons. The summed E-state index contributed by atoms with van der Waals surface area (Å²) < 4.78 is 11.2. The Morgan fingerprint density at radius 1 is 1.09 bits per heavy atom. The topological polar surface area (TPSA) is 85.5 Å². The van der Waals surface area contributed by atoms with E-state index in [1.54, 1.807) is 12.1 Å². The Hall–Kier alpha value is -3.15. The highest BCUT2D eigenvalue weighted by Gasteiger charge is 2.14. The van der Waals surface area contributed by atoms with E-state index in [0.29, 0.717) is 29.7 Å². The van der Waals surface area contributed by atoms with Crippen LogP contribution in [0.15, 0.2) is 52.9 Å². The Balaban J connectivity index is 1.93. The summed E-state index contributed by atoms with van der Waals surface area (Å²) in [6.07, 6.45) is 0. The molecule has 0 amide bonds. The smallest absolute Gasteiger partial charge is 0.335 e. The first-order valence-electron chi connectivity index (χ1n) is 7.08. The Bertz CT molecular complexity index is 825. The fourth-order valence-electron chi connectivity index (χ4n) is 2.13. The minimum Gasteiger partial charge on any atom is -0.493 e. The number of hydrogen-bond donors (Lipinski definition) is 1. The van der Waals surface area contributed by atoms with Gasteiger partial charge in [-0.1, -0.05) is 12.1 Å². The van der Waals surface area contributed by atoms with Gasteiger partial charge in [0.1, 0.15) is 5.75 Å². The van der Waals surface area contributed by atoms with Crippen molar-refractivity contribution in [3.05, 3.63) is 54.1 Å². The second-order valence-electron chi connectivity index (χ2n) is 4.72. The van der Waals surface area contributed by atoms with Crippen LogP contribution in [0.5, 0.6) is 5.75 Å². The zero-order valence-corrected chi connectivity index (χ0v) is 12.4. The zero-order valence-electron chi connectivity index (χ0n) is 12.4. The van der Waals surface area contributed by atoms with Gasteiger partial charge >= 0.3 is 5.97 Å². The molecule has 1 aromatic heterocycles. The Morgan fingerprint density at radius 3 is 2.48 bits per heavy atom. The van der Waals surface area contributed by atoms with Gasteiger partial charge in [0.2, 0.25) is 5.89 Å². The predicted octanol–water partition coefficient (Wildman–Crippen LogP) is 3.50. The van der Waals surface area contributed by atoms with Crippen LogP contribution in [0.1, 0.15) is 17.3 Å². The van der Waals surface area contributed by atoms with Gasteiger partial charge in [-0.05, 0) is 43.3 Å². The number of carboxylic acids is 1. The van der Waals surface area contributed by atoms with Crippen LogP contribution >= 0.6 is 0 Å². The van der Waals surface area contributed by atoms with E-state index in [9.17, 15) is 4.79 Å². The number of aromatic nitrogens is 2. The molecular weight excluding hydrogens is 296 g/mol. The number of rotatable bonds is 5. The maximum atomic E-state index is 10.9. The van der Waals surface area contributed by atoms with Crippen molar-refractivity contribution >= 4 is 5.97 Å². The average molecular weight is 310 g/mol. The van der Waals surface area contributed by atoms with Crippen molar-refractivity contribution in [2.45, 2.75) is 6.92 Å². The molecule has 0 saturated heterocycles. The first-order valence-corrected chi connectivity index (χ1v) is 7.08. The summed E-state index contributed by atoms with van der Waals surface area (Å²) in [7, 11) is 0. The molecule has 2 aromatic carbocycles. The molecule has 0 aliphatic carbocycles. The number of ether oxygens (including phenoxy) is 1. The van der Waals surface area contributed by atoms with Crippen LogP contribution in [0.25, 0.3) is 22.9 Å². The summed E-state index contributed by atoms with van der Waals surface area (Å²) in [5.41, 5.74) is 1.58. The molecule has 3 aromatic rings. The highest BCUT2D eigenvalue weighted by Crippen LogP contribution is 2.30. The third kappa shape index (κ3) is 3.06. The minimum absolute atomic E-state index is 0.204. The monoisotopic (exact) mass is 310 g/mol. The van der Waals surface area contributed by atoms with Gasteiger partial charge in [0.25, 0.3) is 5.89 Å². The molecule has 23 heavy (non-hydrogen) atoms. The van der Waals surface area contributed by atoms with Crippen molar-refractivity contribution in [1.82, 2.24) is 10.2 Å². The summed E-state index contributed by atoms with van der Waals surface area (Å²) in [5.74, 6) is 0.370. The number of para-hydroxylation sites is 1. The van der Waals surface area contributed by atoms with Gasteiger partial charge in [0.05, 0.1) is 17.7 Å². The van der Waals surface area contributed by atoms with Crippen LogP contribution in [-0.2, 0) is 0 Å². The van der Waals surface area contributed by atoms with Crippen molar-refractivity contribution in [2.75, 3.05) is 6.61 Å². The number of carbonyl (C=O) groups is 1. The molecule has 0 aliphatic heterocycles. The van der Waals surface area contributed by atoms with Gasteiger partial charge in [-0.2, -0.15) is 0 Å². The lowest BCUT2D eigenvalue weighted by Crippen LogP contribution is -1.94. The van der Waals surface area contributed by atoms with Crippen LogP contribution in [-0.4, -0.2) is 27.9 Å². The van der Waals surface area contributed by atoms with Crippen LogP contribution in [0, 0.1) is 0 Å². The molecule has 0 saturated carbocycles. The van der Waals surface area contributed by atoms with Crippen LogP contribution in [0.2, 0.25) is 0 Å². The first-order chi connectivity index (χ1) is 11.2. The van der Waals surface area contributed by atoms with Gasteiger partial charge < -0.3 is 14.3 Å². The maximum absolute atomic E-state index is 10.9. The molecule has 0 unspecified atom stereocenters. The van der Waals surface area contributed by atoms with Gasteiger partial charge in [-0.15, -0.1) is 10.2 Å². The molecule has 6 heteroatoms. The van der Waals surface area contributed by atoms with Crippen molar-refractivity contribution in [3.63, 3.8) is 0 Å². The van der Waals surface area contributed by atoms with E-state index in [1.165, 1.54) is 12.1 Å². The summed E-state index contributed by atoms with van der Waals surface area (Å²) >= 11 is 0. The Morgan fingerprint density at radius 2 is 1.78 bits per heavy atom. The highest BCUT2D eigenvalue weighted by atomic mass is 16.5. The van der Waals surface area contributed by atoms with E-state index in [4.69, 9.17) is 14.3 Å². The van der Waals surface area contributed by atoms with Gasteiger partial charge in [0, 0.05) is 5.56 Å². The zero-order chi connectivity index (χ0) is 16.2. The molecule has 0 radical (unpaired) electrons. The molecule has 0 bridgehead atoms. The van der Waals surface area contributed by atoms with Crippen molar-refractivity contribution in [2.24, 2.45) is 0 Å². The van der Waals surface area contributed by atoms with E-state index < -0.39 is 5.97 Å². The van der Waals surface area contributed by atoms with E-state index >= 15 is 0 Å². The van der Waals surface area contributed by atoms with Gasteiger partial charge in [-0.25, -0.2) is 4.79 Å². The van der Waals surface area contributed by atoms with Crippen LogP contribution in [0.3, 0.4) is 0 Å². The molecular formula is C17H14N2O4. The molecule has 1 heterocycles. The van der Waals surface area contributed by atoms with Gasteiger partial charge in [-0.3, -0.25) is 0 Å². The lowest BCUT2D eigenvalue weighted by atomic mass is 10.1. The standard InChI is InChI=1S/C17H14N2O4/c1-2-22-14-6-4-3-5-13(14)16-19-18-15(23-16)11-7-9-12(10-8-11)17(20)21/h3-10H,2H2,1H3,(H,20,21). The number of aromatic carboxylic acids is 1. The predicted molar refractivity (Wildman–Crippen MR) is 83.3 cm³/mol.